The number of rotatable bonds is 7. The summed E-state index contributed by atoms with van der Waals surface area (Å²) in [6.07, 6.45) is 4.88. The molecule has 0 bridgehead atoms. The van der Waals surface area contributed by atoms with Crippen molar-refractivity contribution < 1.29 is 0 Å². The van der Waals surface area contributed by atoms with Gasteiger partial charge in [-0.1, -0.05) is 151 Å². The molecule has 0 saturated heterocycles. The fourth-order valence-corrected chi connectivity index (χ4v) is 12.1. The molecule has 6 rings (SSSR count). The minimum absolute atomic E-state index is 0.383. The van der Waals surface area contributed by atoms with Crippen LogP contribution in [-0.4, -0.2) is 5.66 Å². The molecule has 2 atom stereocenters. The SMILES string of the molecule is CC1=CCC[C@@H](P(c2ccccc2)c2ccccc2)[C@H]1c1c(C)cccc1P(c1ccccc1)c1ccccc1. The molecular formula is C38H36P2. The van der Waals surface area contributed by atoms with E-state index >= 15 is 0 Å². The summed E-state index contributed by atoms with van der Waals surface area (Å²) in [5.74, 6) is 0.383. The number of hydrogen-bond acceptors (Lipinski definition) is 0. The van der Waals surface area contributed by atoms with E-state index in [4.69, 9.17) is 0 Å². The predicted molar refractivity (Wildman–Crippen MR) is 178 cm³/mol. The second kappa shape index (κ2) is 12.5. The minimum Gasteiger partial charge on any atom is -0.0849 e. The van der Waals surface area contributed by atoms with Gasteiger partial charge >= 0.3 is 0 Å². The summed E-state index contributed by atoms with van der Waals surface area (Å²) in [6, 6.07) is 52.0. The quantitative estimate of drug-likeness (QED) is 0.141. The van der Waals surface area contributed by atoms with E-state index in [2.05, 4.69) is 159 Å². The van der Waals surface area contributed by atoms with Crippen LogP contribution in [0.4, 0.5) is 0 Å². The van der Waals surface area contributed by atoms with Crippen LogP contribution in [0, 0.1) is 6.92 Å². The molecule has 198 valence electrons. The van der Waals surface area contributed by atoms with Gasteiger partial charge in [-0.3, -0.25) is 0 Å². The molecule has 40 heavy (non-hydrogen) atoms. The van der Waals surface area contributed by atoms with Crippen molar-refractivity contribution in [1.82, 2.24) is 0 Å². The molecular weight excluding hydrogens is 518 g/mol. The van der Waals surface area contributed by atoms with E-state index in [9.17, 15) is 0 Å². The van der Waals surface area contributed by atoms with Gasteiger partial charge in [-0.25, -0.2) is 0 Å². The van der Waals surface area contributed by atoms with Crippen LogP contribution in [0.5, 0.6) is 0 Å². The van der Waals surface area contributed by atoms with E-state index in [1.807, 2.05) is 0 Å². The van der Waals surface area contributed by atoms with Gasteiger partial charge in [0.1, 0.15) is 0 Å². The number of aryl methyl sites for hydroxylation is 1. The molecule has 5 aromatic carbocycles. The Balaban J connectivity index is 1.56. The van der Waals surface area contributed by atoms with Crippen LogP contribution in [0.2, 0.25) is 0 Å². The van der Waals surface area contributed by atoms with Gasteiger partial charge in [-0.05, 0) is 85.8 Å². The zero-order valence-electron chi connectivity index (χ0n) is 23.3. The Morgan fingerprint density at radius 3 is 1.50 bits per heavy atom. The van der Waals surface area contributed by atoms with Crippen molar-refractivity contribution in [2.45, 2.75) is 38.3 Å². The Morgan fingerprint density at radius 1 is 0.525 bits per heavy atom. The van der Waals surface area contributed by atoms with Crippen molar-refractivity contribution in [3.8, 4) is 0 Å². The lowest BCUT2D eigenvalue weighted by Crippen LogP contribution is -2.34. The summed E-state index contributed by atoms with van der Waals surface area (Å²) >= 11 is 0. The van der Waals surface area contributed by atoms with E-state index in [0.717, 1.165) is 6.42 Å². The summed E-state index contributed by atoms with van der Waals surface area (Å²) in [4.78, 5) is 0. The molecule has 1 aliphatic carbocycles. The molecule has 0 nitrogen and oxygen atoms in total. The zero-order chi connectivity index (χ0) is 27.3. The normalized spacial score (nSPS) is 17.1. The first kappa shape index (κ1) is 26.9. The Morgan fingerprint density at radius 2 is 1.00 bits per heavy atom. The molecule has 5 aromatic rings. The highest BCUT2D eigenvalue weighted by atomic mass is 31.1. The average molecular weight is 555 g/mol. The van der Waals surface area contributed by atoms with E-state index < -0.39 is 15.8 Å². The Kier molecular flexibility index (Phi) is 8.39. The van der Waals surface area contributed by atoms with E-state index in [0.29, 0.717) is 11.6 Å². The van der Waals surface area contributed by atoms with Crippen molar-refractivity contribution in [3.63, 3.8) is 0 Å². The summed E-state index contributed by atoms with van der Waals surface area (Å²) in [7, 11) is -1.24. The Bertz CT molecular complexity index is 1480. The first-order valence-electron chi connectivity index (χ1n) is 14.3. The van der Waals surface area contributed by atoms with Crippen LogP contribution in [-0.2, 0) is 0 Å². The summed E-state index contributed by atoms with van der Waals surface area (Å²) in [5, 5.41) is 7.30. The number of benzene rings is 5. The molecule has 2 heteroatoms. The van der Waals surface area contributed by atoms with Crippen LogP contribution in [0.15, 0.2) is 151 Å². The molecule has 1 aliphatic rings. The van der Waals surface area contributed by atoms with E-state index in [-0.39, 0.29) is 0 Å². The topological polar surface area (TPSA) is 0 Å². The fraction of sp³-hybridized carbons (Fsp3) is 0.158. The van der Waals surface area contributed by atoms with Crippen LogP contribution < -0.4 is 26.5 Å². The highest BCUT2D eigenvalue weighted by Crippen LogP contribution is 2.53. The average Bonchev–Trinajstić information content (AvgIpc) is 3.01. The van der Waals surface area contributed by atoms with Crippen LogP contribution in [0.25, 0.3) is 0 Å². The second-order valence-electron chi connectivity index (χ2n) is 10.6. The third-order valence-corrected chi connectivity index (χ3v) is 13.5. The lowest BCUT2D eigenvalue weighted by Gasteiger charge is -2.40. The highest BCUT2D eigenvalue weighted by molar-refractivity contribution is 7.80. The molecule has 0 N–H and O–H groups in total. The van der Waals surface area contributed by atoms with Gasteiger partial charge in [0, 0.05) is 5.92 Å². The molecule has 0 aliphatic heterocycles. The van der Waals surface area contributed by atoms with Crippen molar-refractivity contribution >= 4 is 42.4 Å². The molecule has 0 radical (unpaired) electrons. The van der Waals surface area contributed by atoms with Gasteiger partial charge in [-0.15, -0.1) is 0 Å². The maximum absolute atomic E-state index is 2.52. The van der Waals surface area contributed by atoms with Crippen LogP contribution in [0.3, 0.4) is 0 Å². The van der Waals surface area contributed by atoms with Crippen molar-refractivity contribution in [2.75, 3.05) is 0 Å². The lowest BCUT2D eigenvalue weighted by molar-refractivity contribution is 0.635. The third kappa shape index (κ3) is 5.49. The monoisotopic (exact) mass is 554 g/mol. The summed E-state index contributed by atoms with van der Waals surface area (Å²) in [5.41, 5.74) is 5.03. The first-order chi connectivity index (χ1) is 19.7. The Labute approximate surface area is 242 Å². The lowest BCUT2D eigenvalue weighted by atomic mass is 9.81. The van der Waals surface area contributed by atoms with Gasteiger partial charge in [0.2, 0.25) is 0 Å². The summed E-state index contributed by atoms with van der Waals surface area (Å²) < 4.78 is 0. The molecule has 0 fully saturated rings. The van der Waals surface area contributed by atoms with Gasteiger partial charge < -0.3 is 0 Å². The highest BCUT2D eigenvalue weighted by Gasteiger charge is 2.38. The van der Waals surface area contributed by atoms with Gasteiger partial charge in [0.05, 0.1) is 0 Å². The van der Waals surface area contributed by atoms with E-state index in [1.54, 1.807) is 5.56 Å². The van der Waals surface area contributed by atoms with Crippen LogP contribution >= 0.6 is 15.8 Å². The molecule has 0 unspecified atom stereocenters. The smallest absolute Gasteiger partial charge is 0.0128 e. The third-order valence-electron chi connectivity index (χ3n) is 8.09. The Hall–Kier alpha value is -3.30. The number of hydrogen-bond donors (Lipinski definition) is 0. The fourth-order valence-electron chi connectivity index (χ4n) is 6.33. The predicted octanol–water partition coefficient (Wildman–Crippen LogP) is 8.08. The van der Waals surface area contributed by atoms with Crippen molar-refractivity contribution in [1.29, 1.82) is 0 Å². The van der Waals surface area contributed by atoms with Gasteiger partial charge in [0.25, 0.3) is 0 Å². The first-order valence-corrected chi connectivity index (χ1v) is 17.0. The molecule has 0 saturated carbocycles. The van der Waals surface area contributed by atoms with Crippen LogP contribution in [0.1, 0.15) is 36.8 Å². The minimum atomic E-state index is -0.694. The van der Waals surface area contributed by atoms with Crippen molar-refractivity contribution in [2.24, 2.45) is 0 Å². The summed E-state index contributed by atoms with van der Waals surface area (Å²) in [6.45, 7) is 4.73. The molecule has 0 amide bonds. The zero-order valence-corrected chi connectivity index (χ0v) is 25.1. The van der Waals surface area contributed by atoms with Gasteiger partial charge in [0.15, 0.2) is 0 Å². The standard InChI is InChI=1S/C38H36P2/c1-29-17-15-27-35(39(31-19-7-3-8-20-31)32-21-9-4-10-22-32)37(29)38-30(2)18-16-28-36(38)40(33-23-11-5-12-24-33)34-25-13-6-14-26-34/h3-15,17-27,36,38H,16,28H2,1-2H3/t36-,38+/m1/s1. The second-order valence-corrected chi connectivity index (χ2v) is 15.2. The largest absolute Gasteiger partial charge is 0.0849 e. The number of allylic oxidation sites excluding steroid dienone is 2. The molecule has 0 heterocycles. The molecule has 0 aromatic heterocycles. The maximum Gasteiger partial charge on any atom is 0.0128 e. The maximum atomic E-state index is 2.52. The van der Waals surface area contributed by atoms with E-state index in [1.165, 1.54) is 44.1 Å². The molecule has 0 spiro atoms. The van der Waals surface area contributed by atoms with Crippen molar-refractivity contribution in [3.05, 3.63) is 162 Å². The van der Waals surface area contributed by atoms with Gasteiger partial charge in [-0.2, -0.15) is 0 Å².